The van der Waals surface area contributed by atoms with Crippen LogP contribution in [-0.2, 0) is 44.6 Å². The lowest BCUT2D eigenvalue weighted by Gasteiger charge is -2.47. The maximum atomic E-state index is 13.4. The molecule has 2 rings (SSSR count). The predicted molar refractivity (Wildman–Crippen MR) is 135 cm³/mol. The molecular weight excluding hydrogens is 486 g/mol. The monoisotopic (exact) mass is 527 g/mol. The number of ether oxygens (including phenoxy) is 7. The molecule has 36 heavy (non-hydrogen) atoms. The fourth-order valence-electron chi connectivity index (χ4n) is 3.97. The molecule has 0 radical (unpaired) electrons. The zero-order valence-electron chi connectivity index (χ0n) is 22.4. The molecule has 0 aromatic heterocycles. The second-order valence-electron chi connectivity index (χ2n) is 9.79. The highest BCUT2D eigenvalue weighted by Crippen LogP contribution is 2.30. The molecule has 0 N–H and O–H groups in total. The number of hydrogen-bond acceptors (Lipinski definition) is 9. The van der Waals surface area contributed by atoms with Crippen LogP contribution in [0.5, 0.6) is 0 Å². The minimum absolute atomic E-state index is 0.155. The van der Waals surface area contributed by atoms with Crippen LogP contribution in [0.2, 0.25) is 25.7 Å². The molecule has 0 aliphatic carbocycles. The van der Waals surface area contributed by atoms with E-state index in [2.05, 4.69) is 19.6 Å². The highest BCUT2D eigenvalue weighted by atomic mass is 28.3. The van der Waals surface area contributed by atoms with Crippen molar-refractivity contribution in [1.29, 1.82) is 0 Å². The van der Waals surface area contributed by atoms with Crippen LogP contribution in [0.3, 0.4) is 0 Å². The van der Waals surface area contributed by atoms with Crippen molar-refractivity contribution in [3.63, 3.8) is 0 Å². The standard InChI is InChI=1S/C25H41NO9Si/c1-29-16-19-21(30-2)22(31-3)23(32-4)24(35-19)26(25(28)34-13-14-36(5,6)7)20(27)17-33-15-18-11-9-8-10-12-18/h8-12,19,21-24H,13-17H2,1-7H3/t19-,21-,22+,23-,24-/m1/s1. The molecule has 0 unspecified atom stereocenters. The Kier molecular flexibility index (Phi) is 12.5. The fraction of sp³-hybridized carbons (Fsp3) is 0.680. The molecular formula is C25H41NO9Si. The zero-order valence-corrected chi connectivity index (χ0v) is 23.4. The minimum atomic E-state index is -1.47. The lowest BCUT2D eigenvalue weighted by Crippen LogP contribution is -2.66. The number of amides is 2. The first-order valence-corrected chi connectivity index (χ1v) is 15.7. The lowest BCUT2D eigenvalue weighted by atomic mass is 9.97. The first-order chi connectivity index (χ1) is 17.2. The van der Waals surface area contributed by atoms with Crippen LogP contribution >= 0.6 is 0 Å². The zero-order chi connectivity index (χ0) is 26.7. The highest BCUT2D eigenvalue weighted by molar-refractivity contribution is 6.76. The smallest absolute Gasteiger partial charge is 0.418 e. The summed E-state index contributed by atoms with van der Waals surface area (Å²) in [6.45, 7) is 6.74. The van der Waals surface area contributed by atoms with E-state index in [0.29, 0.717) is 0 Å². The number of carbonyl (C=O) groups is 2. The van der Waals surface area contributed by atoms with E-state index in [1.165, 1.54) is 28.4 Å². The molecule has 0 saturated carbocycles. The van der Waals surface area contributed by atoms with Crippen molar-refractivity contribution >= 4 is 20.1 Å². The van der Waals surface area contributed by atoms with Gasteiger partial charge in [0.25, 0.3) is 5.91 Å². The second-order valence-corrected chi connectivity index (χ2v) is 15.4. The third kappa shape index (κ3) is 8.62. The Labute approximate surface area is 215 Å². The van der Waals surface area contributed by atoms with Gasteiger partial charge in [-0.15, -0.1) is 0 Å². The average Bonchev–Trinajstić information content (AvgIpc) is 2.83. The van der Waals surface area contributed by atoms with Gasteiger partial charge in [0.1, 0.15) is 31.0 Å². The molecule has 2 amide bonds. The maximum Gasteiger partial charge on any atom is 0.418 e. The Hall–Kier alpha value is -1.86. The van der Waals surface area contributed by atoms with Gasteiger partial charge in [0.15, 0.2) is 6.23 Å². The molecule has 1 saturated heterocycles. The number of benzene rings is 1. The topological polar surface area (TPSA) is 102 Å². The molecule has 1 aliphatic heterocycles. The predicted octanol–water partition coefficient (Wildman–Crippen LogP) is 2.92. The summed E-state index contributed by atoms with van der Waals surface area (Å²) in [6, 6.07) is 10.2. The van der Waals surface area contributed by atoms with Crippen LogP contribution in [0.4, 0.5) is 4.79 Å². The Morgan fingerprint density at radius 2 is 1.58 bits per heavy atom. The minimum Gasteiger partial charge on any atom is -0.449 e. The van der Waals surface area contributed by atoms with Crippen molar-refractivity contribution in [3.05, 3.63) is 35.9 Å². The number of nitrogens with zero attached hydrogens (tertiary/aromatic N) is 1. The van der Waals surface area contributed by atoms with Crippen LogP contribution in [0.1, 0.15) is 5.56 Å². The third-order valence-electron chi connectivity index (χ3n) is 5.89. The molecule has 1 fully saturated rings. The van der Waals surface area contributed by atoms with Crippen molar-refractivity contribution < 1.29 is 42.7 Å². The van der Waals surface area contributed by atoms with Gasteiger partial charge in [-0.1, -0.05) is 50.0 Å². The largest absolute Gasteiger partial charge is 0.449 e. The molecule has 11 heteroatoms. The van der Waals surface area contributed by atoms with Crippen LogP contribution < -0.4 is 0 Å². The summed E-state index contributed by atoms with van der Waals surface area (Å²) < 4.78 is 39.6. The molecule has 1 aromatic carbocycles. The van der Waals surface area contributed by atoms with Crippen LogP contribution in [-0.4, -0.2) is 104 Å². The first-order valence-electron chi connectivity index (χ1n) is 12.0. The van der Waals surface area contributed by atoms with Gasteiger partial charge < -0.3 is 33.2 Å². The number of hydrogen-bond donors (Lipinski definition) is 0. The van der Waals surface area contributed by atoms with E-state index in [9.17, 15) is 9.59 Å². The maximum absolute atomic E-state index is 13.4. The summed E-state index contributed by atoms with van der Waals surface area (Å²) in [5, 5.41) is 0. The number of carbonyl (C=O) groups excluding carboxylic acids is 2. The van der Waals surface area contributed by atoms with E-state index in [4.69, 9.17) is 33.2 Å². The van der Waals surface area contributed by atoms with Gasteiger partial charge in [0.05, 0.1) is 19.8 Å². The van der Waals surface area contributed by atoms with Crippen molar-refractivity contribution in [2.24, 2.45) is 0 Å². The highest BCUT2D eigenvalue weighted by Gasteiger charge is 2.52. The van der Waals surface area contributed by atoms with Gasteiger partial charge >= 0.3 is 6.09 Å². The Morgan fingerprint density at radius 3 is 2.14 bits per heavy atom. The molecule has 1 aliphatic rings. The molecule has 10 nitrogen and oxygen atoms in total. The quantitative estimate of drug-likeness (QED) is 0.358. The number of imide groups is 1. The van der Waals surface area contributed by atoms with Gasteiger partial charge in [0, 0.05) is 36.5 Å². The molecule has 5 atom stereocenters. The summed E-state index contributed by atoms with van der Waals surface area (Å²) in [4.78, 5) is 27.6. The third-order valence-corrected chi connectivity index (χ3v) is 7.60. The second kappa shape index (κ2) is 14.8. The first kappa shape index (κ1) is 30.4. The van der Waals surface area contributed by atoms with Crippen LogP contribution in [0, 0.1) is 0 Å². The number of methoxy groups -OCH3 is 4. The lowest BCUT2D eigenvalue weighted by molar-refractivity contribution is -0.273. The fourth-order valence-corrected chi connectivity index (χ4v) is 4.68. The van der Waals surface area contributed by atoms with Crippen molar-refractivity contribution in [1.82, 2.24) is 4.90 Å². The average molecular weight is 528 g/mol. The number of rotatable bonds is 13. The van der Waals surface area contributed by atoms with E-state index >= 15 is 0 Å². The van der Waals surface area contributed by atoms with Gasteiger partial charge in [-0.2, -0.15) is 0 Å². The summed E-state index contributed by atoms with van der Waals surface area (Å²) >= 11 is 0. The molecule has 204 valence electrons. The van der Waals surface area contributed by atoms with E-state index in [-0.39, 0.29) is 26.4 Å². The Bertz CT molecular complexity index is 804. The van der Waals surface area contributed by atoms with Gasteiger partial charge in [0.2, 0.25) is 0 Å². The summed E-state index contributed by atoms with van der Waals surface area (Å²) in [5.74, 6) is -0.613. The molecule has 0 spiro atoms. The Morgan fingerprint density at radius 1 is 0.944 bits per heavy atom. The SMILES string of the molecule is COC[C@H]1O[C@@H](N(C(=O)COCc2ccccc2)C(=O)OCC[Si](C)(C)C)[C@H](OC)[C@@H](OC)[C@@H]1OC. The van der Waals surface area contributed by atoms with Gasteiger partial charge in [-0.25, -0.2) is 9.69 Å². The van der Waals surface area contributed by atoms with E-state index in [1.54, 1.807) is 0 Å². The molecule has 0 bridgehead atoms. The molecule has 1 aromatic rings. The van der Waals surface area contributed by atoms with Gasteiger partial charge in [-0.05, 0) is 11.6 Å². The van der Waals surface area contributed by atoms with Crippen LogP contribution in [0.15, 0.2) is 30.3 Å². The summed E-state index contributed by atoms with van der Waals surface area (Å²) in [6.07, 6.45) is -4.62. The van der Waals surface area contributed by atoms with Crippen LogP contribution in [0.25, 0.3) is 0 Å². The summed E-state index contributed by atoms with van der Waals surface area (Å²) in [5.41, 5.74) is 0.904. The van der Waals surface area contributed by atoms with Crippen molar-refractivity contribution in [2.45, 2.75) is 62.9 Å². The molecule has 1 heterocycles. The van der Waals surface area contributed by atoms with Gasteiger partial charge in [-0.3, -0.25) is 4.79 Å². The summed E-state index contributed by atoms with van der Waals surface area (Å²) in [7, 11) is 4.56. The Balaban J connectivity index is 2.28. The van der Waals surface area contributed by atoms with Crippen molar-refractivity contribution in [2.75, 3.05) is 48.3 Å². The van der Waals surface area contributed by atoms with E-state index < -0.39 is 50.7 Å². The van der Waals surface area contributed by atoms with Crippen molar-refractivity contribution in [3.8, 4) is 0 Å². The normalized spacial score (nSPS) is 24.4. The van der Waals surface area contributed by atoms with E-state index in [1.807, 2.05) is 30.3 Å². The van der Waals surface area contributed by atoms with E-state index in [0.717, 1.165) is 16.5 Å².